The number of aryl methyl sites for hydroxylation is 3. The van der Waals surface area contributed by atoms with E-state index < -0.39 is 23.3 Å². The van der Waals surface area contributed by atoms with Gasteiger partial charge in [0.2, 0.25) is 0 Å². The minimum absolute atomic E-state index is 0.0571. The highest BCUT2D eigenvalue weighted by Crippen LogP contribution is 2.25. The van der Waals surface area contributed by atoms with E-state index in [1.54, 1.807) is 14.0 Å². The van der Waals surface area contributed by atoms with Gasteiger partial charge in [0, 0.05) is 6.42 Å². The lowest BCUT2D eigenvalue weighted by atomic mass is 10.0. The summed E-state index contributed by atoms with van der Waals surface area (Å²) in [5.74, 6) is -2.23. The second-order valence-corrected chi connectivity index (χ2v) is 7.12. The van der Waals surface area contributed by atoms with E-state index in [1.807, 2.05) is 18.2 Å². The molecule has 0 aliphatic carbocycles. The molecule has 0 aliphatic heterocycles. The highest BCUT2D eigenvalue weighted by Gasteiger charge is 2.18. The summed E-state index contributed by atoms with van der Waals surface area (Å²) >= 11 is 0. The normalized spacial score (nSPS) is 10.6. The number of hydrogen-bond acceptors (Lipinski definition) is 4. The van der Waals surface area contributed by atoms with Gasteiger partial charge in [-0.1, -0.05) is 12.1 Å². The zero-order valence-corrected chi connectivity index (χ0v) is 17.2. The molecule has 0 atom stereocenters. The number of carboxylic acid groups (broad SMARTS) is 2. The van der Waals surface area contributed by atoms with Crippen molar-refractivity contribution >= 4 is 11.9 Å². The van der Waals surface area contributed by atoms with E-state index in [9.17, 15) is 14.0 Å². The highest BCUT2D eigenvalue weighted by atomic mass is 19.1. The van der Waals surface area contributed by atoms with Crippen molar-refractivity contribution in [2.24, 2.45) is 0 Å². The minimum Gasteiger partial charge on any atom is -0.496 e. The third-order valence-electron chi connectivity index (χ3n) is 4.74. The largest absolute Gasteiger partial charge is 0.496 e. The Kier molecular flexibility index (Phi) is 8.65. The van der Waals surface area contributed by atoms with Gasteiger partial charge >= 0.3 is 11.9 Å². The highest BCUT2D eigenvalue weighted by molar-refractivity contribution is 5.91. The second-order valence-electron chi connectivity index (χ2n) is 7.12. The SMILES string of the molecule is COc1cc(CCCCCOc2cc(C)cc(F)c2C(=O)O)ccc1CCC(=O)O. The molecule has 2 rings (SSSR count). The molecule has 0 aliphatic rings. The van der Waals surface area contributed by atoms with Crippen molar-refractivity contribution in [3.63, 3.8) is 0 Å². The van der Waals surface area contributed by atoms with E-state index in [0.717, 1.165) is 30.4 Å². The molecule has 2 aromatic carbocycles. The van der Waals surface area contributed by atoms with Crippen LogP contribution in [-0.2, 0) is 17.6 Å². The summed E-state index contributed by atoms with van der Waals surface area (Å²) in [6.07, 6.45) is 3.78. The molecule has 0 fully saturated rings. The molecule has 0 radical (unpaired) electrons. The monoisotopic (exact) mass is 418 g/mol. The van der Waals surface area contributed by atoms with E-state index in [0.29, 0.717) is 30.8 Å². The van der Waals surface area contributed by atoms with Crippen LogP contribution >= 0.6 is 0 Å². The maximum Gasteiger partial charge on any atom is 0.342 e. The summed E-state index contributed by atoms with van der Waals surface area (Å²) < 4.78 is 24.7. The van der Waals surface area contributed by atoms with Gasteiger partial charge in [0.15, 0.2) is 0 Å². The first-order valence-corrected chi connectivity index (χ1v) is 9.85. The fraction of sp³-hybridized carbons (Fsp3) is 0.391. The molecule has 30 heavy (non-hydrogen) atoms. The number of carbonyl (C=O) groups is 2. The molecule has 0 saturated carbocycles. The smallest absolute Gasteiger partial charge is 0.342 e. The van der Waals surface area contributed by atoms with E-state index >= 15 is 0 Å². The van der Waals surface area contributed by atoms with Crippen LogP contribution in [0.1, 0.15) is 52.7 Å². The van der Waals surface area contributed by atoms with Crippen molar-refractivity contribution in [1.82, 2.24) is 0 Å². The number of ether oxygens (including phenoxy) is 2. The average molecular weight is 418 g/mol. The molecule has 0 unspecified atom stereocenters. The van der Waals surface area contributed by atoms with Crippen LogP contribution < -0.4 is 9.47 Å². The van der Waals surface area contributed by atoms with Crippen LogP contribution in [0.4, 0.5) is 4.39 Å². The summed E-state index contributed by atoms with van der Waals surface area (Å²) in [5.41, 5.74) is 2.14. The summed E-state index contributed by atoms with van der Waals surface area (Å²) in [6.45, 7) is 1.99. The lowest BCUT2D eigenvalue weighted by Gasteiger charge is -2.12. The van der Waals surface area contributed by atoms with Gasteiger partial charge in [-0.3, -0.25) is 4.79 Å². The van der Waals surface area contributed by atoms with Crippen LogP contribution in [0.15, 0.2) is 30.3 Å². The number of aromatic carboxylic acids is 1. The molecule has 7 heteroatoms. The summed E-state index contributed by atoms with van der Waals surface area (Å²) in [4.78, 5) is 22.0. The number of aliphatic carboxylic acids is 1. The molecule has 0 bridgehead atoms. The lowest BCUT2D eigenvalue weighted by molar-refractivity contribution is -0.136. The number of halogens is 1. The summed E-state index contributed by atoms with van der Waals surface area (Å²) in [5, 5.41) is 18.0. The summed E-state index contributed by atoms with van der Waals surface area (Å²) in [6, 6.07) is 8.52. The molecule has 0 amide bonds. The number of carboxylic acids is 2. The number of benzene rings is 2. The van der Waals surface area contributed by atoms with Gasteiger partial charge in [0.25, 0.3) is 0 Å². The zero-order valence-electron chi connectivity index (χ0n) is 17.2. The first-order valence-electron chi connectivity index (χ1n) is 9.85. The number of hydrogen-bond donors (Lipinski definition) is 2. The van der Waals surface area contributed by atoms with E-state index in [2.05, 4.69) is 0 Å². The number of methoxy groups -OCH3 is 1. The Morgan fingerprint density at radius 2 is 1.77 bits per heavy atom. The molecule has 162 valence electrons. The van der Waals surface area contributed by atoms with Gasteiger partial charge in [-0.25, -0.2) is 9.18 Å². The quantitative estimate of drug-likeness (QED) is 0.488. The van der Waals surface area contributed by atoms with Crippen LogP contribution in [0.2, 0.25) is 0 Å². The molecular weight excluding hydrogens is 391 g/mol. The molecule has 0 saturated heterocycles. The first-order chi connectivity index (χ1) is 14.3. The van der Waals surface area contributed by atoms with Crippen molar-refractivity contribution in [3.05, 3.63) is 58.4 Å². The predicted octanol–water partition coefficient (Wildman–Crippen LogP) is 4.65. The topological polar surface area (TPSA) is 93.1 Å². The molecule has 0 spiro atoms. The molecule has 2 aromatic rings. The fourth-order valence-electron chi connectivity index (χ4n) is 3.21. The average Bonchev–Trinajstić information content (AvgIpc) is 2.68. The van der Waals surface area contributed by atoms with E-state index in [1.165, 1.54) is 12.1 Å². The van der Waals surface area contributed by atoms with Gasteiger partial charge in [-0.15, -0.1) is 0 Å². The van der Waals surface area contributed by atoms with Crippen LogP contribution in [0, 0.1) is 12.7 Å². The first kappa shape index (κ1) is 23.2. The minimum atomic E-state index is -1.34. The van der Waals surface area contributed by atoms with Crippen molar-refractivity contribution in [2.45, 2.75) is 45.4 Å². The van der Waals surface area contributed by atoms with Gasteiger partial charge in [0.1, 0.15) is 22.9 Å². The number of unbranched alkanes of at least 4 members (excludes halogenated alkanes) is 2. The van der Waals surface area contributed by atoms with Crippen LogP contribution in [0.5, 0.6) is 11.5 Å². The standard InChI is InChI=1S/C23H27FO6/c1-15-12-18(24)22(23(27)28)20(13-15)30-11-5-3-4-6-16-7-8-17(9-10-21(25)26)19(14-16)29-2/h7-8,12-14H,3-6,9-11H2,1-2H3,(H,25,26)(H,27,28). The van der Waals surface area contributed by atoms with Gasteiger partial charge < -0.3 is 19.7 Å². The van der Waals surface area contributed by atoms with Crippen LogP contribution in [-0.4, -0.2) is 35.9 Å². The molecule has 2 N–H and O–H groups in total. The van der Waals surface area contributed by atoms with Gasteiger partial charge in [-0.05, 0) is 73.9 Å². The fourth-order valence-corrected chi connectivity index (χ4v) is 3.21. The molecular formula is C23H27FO6. The maximum absolute atomic E-state index is 13.9. The lowest BCUT2D eigenvalue weighted by Crippen LogP contribution is -2.07. The molecule has 0 aromatic heterocycles. The van der Waals surface area contributed by atoms with Gasteiger partial charge in [0.05, 0.1) is 13.7 Å². The van der Waals surface area contributed by atoms with Crippen molar-refractivity contribution in [2.75, 3.05) is 13.7 Å². The number of rotatable bonds is 12. The van der Waals surface area contributed by atoms with E-state index in [-0.39, 0.29) is 12.2 Å². The second kappa shape index (κ2) is 11.2. The Morgan fingerprint density at radius 3 is 2.43 bits per heavy atom. The Labute approximate surface area is 175 Å². The van der Waals surface area contributed by atoms with Crippen molar-refractivity contribution < 1.29 is 33.7 Å². The molecule has 6 nitrogen and oxygen atoms in total. The third-order valence-corrected chi connectivity index (χ3v) is 4.74. The van der Waals surface area contributed by atoms with Crippen molar-refractivity contribution in [1.29, 1.82) is 0 Å². The Balaban J connectivity index is 1.81. The van der Waals surface area contributed by atoms with Crippen LogP contribution in [0.3, 0.4) is 0 Å². The summed E-state index contributed by atoms with van der Waals surface area (Å²) in [7, 11) is 1.57. The predicted molar refractivity (Wildman–Crippen MR) is 110 cm³/mol. The third kappa shape index (κ3) is 6.76. The Morgan fingerprint density at radius 1 is 1.00 bits per heavy atom. The van der Waals surface area contributed by atoms with Crippen LogP contribution in [0.25, 0.3) is 0 Å². The van der Waals surface area contributed by atoms with E-state index in [4.69, 9.17) is 19.7 Å². The Bertz CT molecular complexity index is 894. The van der Waals surface area contributed by atoms with Crippen molar-refractivity contribution in [3.8, 4) is 11.5 Å². The zero-order chi connectivity index (χ0) is 22.1. The van der Waals surface area contributed by atoms with Gasteiger partial charge in [-0.2, -0.15) is 0 Å². The molecule has 0 heterocycles. The Hall–Kier alpha value is -3.09. The maximum atomic E-state index is 13.9.